The molecule has 0 spiro atoms. The van der Waals surface area contributed by atoms with Gasteiger partial charge >= 0.3 is 0 Å². The Balaban J connectivity index is 2.10. The molecule has 2 aromatic rings. The zero-order valence-corrected chi connectivity index (χ0v) is 11.7. The molecule has 1 amide bonds. The summed E-state index contributed by atoms with van der Waals surface area (Å²) < 4.78 is 0. The largest absolute Gasteiger partial charge is 0.348 e. The van der Waals surface area contributed by atoms with Crippen LogP contribution >= 0.6 is 23.2 Å². The predicted molar refractivity (Wildman–Crippen MR) is 74.4 cm³/mol. The molecule has 0 saturated carbocycles. The second-order valence-electron chi connectivity index (χ2n) is 3.98. The molecule has 19 heavy (non-hydrogen) atoms. The van der Waals surface area contributed by atoms with Crippen LogP contribution in [0.4, 0.5) is 0 Å². The Hall–Kier alpha value is -1.65. The van der Waals surface area contributed by atoms with Crippen molar-refractivity contribution >= 4 is 29.1 Å². The number of aryl methyl sites for hydroxylation is 1. The fraction of sp³-hybridized carbons (Fsp3) is 0.154. The Labute approximate surface area is 120 Å². The Morgan fingerprint density at radius 3 is 2.74 bits per heavy atom. The summed E-state index contributed by atoms with van der Waals surface area (Å²) in [5.41, 5.74) is 2.37. The lowest BCUT2D eigenvalue weighted by Crippen LogP contribution is -2.24. The first-order chi connectivity index (χ1) is 9.08. The van der Waals surface area contributed by atoms with Gasteiger partial charge in [-0.05, 0) is 24.1 Å². The molecular weight excluding hydrogens is 285 g/mol. The zero-order chi connectivity index (χ0) is 13.8. The molecule has 1 N–H and O–H groups in total. The molecule has 4 nitrogen and oxygen atoms in total. The lowest BCUT2D eigenvalue weighted by molar-refractivity contribution is 0.0950. The molecule has 0 aliphatic rings. The van der Waals surface area contributed by atoms with Gasteiger partial charge in [-0.25, -0.2) is 0 Å². The topological polar surface area (TPSA) is 54.9 Å². The minimum absolute atomic E-state index is 0.0340. The van der Waals surface area contributed by atoms with Crippen molar-refractivity contribution in [2.75, 3.05) is 0 Å². The van der Waals surface area contributed by atoms with E-state index in [9.17, 15) is 4.79 Å². The van der Waals surface area contributed by atoms with E-state index in [2.05, 4.69) is 15.5 Å². The van der Waals surface area contributed by atoms with E-state index in [-0.39, 0.29) is 21.8 Å². The van der Waals surface area contributed by atoms with Gasteiger partial charge in [-0.3, -0.25) is 4.79 Å². The third-order valence-electron chi connectivity index (χ3n) is 2.66. The summed E-state index contributed by atoms with van der Waals surface area (Å²) in [6, 6.07) is 9.20. The molecule has 0 radical (unpaired) electrons. The highest BCUT2D eigenvalue weighted by atomic mass is 35.5. The van der Waals surface area contributed by atoms with Crippen molar-refractivity contribution in [3.05, 3.63) is 57.3 Å². The van der Waals surface area contributed by atoms with Gasteiger partial charge < -0.3 is 5.32 Å². The van der Waals surface area contributed by atoms with E-state index >= 15 is 0 Å². The van der Waals surface area contributed by atoms with E-state index in [1.54, 1.807) is 0 Å². The fourth-order valence-corrected chi connectivity index (χ4v) is 1.92. The van der Waals surface area contributed by atoms with Gasteiger partial charge in [0.25, 0.3) is 5.91 Å². The highest BCUT2D eigenvalue weighted by Crippen LogP contribution is 2.15. The number of amides is 1. The van der Waals surface area contributed by atoms with Crippen molar-refractivity contribution in [2.45, 2.75) is 13.5 Å². The van der Waals surface area contributed by atoms with Crippen LogP contribution in [0, 0.1) is 6.92 Å². The van der Waals surface area contributed by atoms with E-state index in [1.165, 1.54) is 6.07 Å². The minimum atomic E-state index is -0.329. The number of carbonyl (C=O) groups is 1. The van der Waals surface area contributed by atoms with Crippen molar-refractivity contribution < 1.29 is 4.79 Å². The predicted octanol–water partition coefficient (Wildman–Crippen LogP) is 3.02. The van der Waals surface area contributed by atoms with Crippen molar-refractivity contribution in [1.29, 1.82) is 0 Å². The van der Waals surface area contributed by atoms with Gasteiger partial charge in [-0.1, -0.05) is 47.5 Å². The van der Waals surface area contributed by atoms with E-state index in [1.807, 2.05) is 31.2 Å². The summed E-state index contributed by atoms with van der Waals surface area (Å²) in [6.45, 7) is 2.40. The SMILES string of the molecule is Cc1ccccc1CNC(=O)c1cc(Cl)nnc1Cl. The van der Waals surface area contributed by atoms with Gasteiger partial charge in [0.05, 0.1) is 5.56 Å². The van der Waals surface area contributed by atoms with Crippen LogP contribution < -0.4 is 5.32 Å². The molecule has 1 aromatic carbocycles. The van der Waals surface area contributed by atoms with E-state index in [4.69, 9.17) is 23.2 Å². The van der Waals surface area contributed by atoms with Crippen LogP contribution in [0.1, 0.15) is 21.5 Å². The Morgan fingerprint density at radius 1 is 1.26 bits per heavy atom. The molecule has 1 heterocycles. The van der Waals surface area contributed by atoms with Crippen molar-refractivity contribution in [2.24, 2.45) is 0 Å². The van der Waals surface area contributed by atoms with Crippen LogP contribution in [0.3, 0.4) is 0 Å². The highest BCUT2D eigenvalue weighted by molar-refractivity contribution is 6.34. The van der Waals surface area contributed by atoms with Gasteiger partial charge in [0.2, 0.25) is 0 Å². The zero-order valence-electron chi connectivity index (χ0n) is 10.2. The van der Waals surface area contributed by atoms with Gasteiger partial charge in [-0.15, -0.1) is 10.2 Å². The van der Waals surface area contributed by atoms with Gasteiger partial charge in [0.15, 0.2) is 10.3 Å². The summed E-state index contributed by atoms with van der Waals surface area (Å²) in [7, 11) is 0. The quantitative estimate of drug-likeness (QED) is 0.947. The Morgan fingerprint density at radius 2 is 2.00 bits per heavy atom. The standard InChI is InChI=1S/C13H11Cl2N3O/c1-8-4-2-3-5-9(8)7-16-13(19)10-6-11(14)17-18-12(10)15/h2-6H,7H2,1H3,(H,16,19). The van der Waals surface area contributed by atoms with Crippen LogP contribution in [0.2, 0.25) is 10.3 Å². The number of hydrogen-bond donors (Lipinski definition) is 1. The smallest absolute Gasteiger partial charge is 0.254 e. The molecule has 0 unspecified atom stereocenters. The summed E-state index contributed by atoms with van der Waals surface area (Å²) in [6.07, 6.45) is 0. The second-order valence-corrected chi connectivity index (χ2v) is 4.73. The maximum Gasteiger partial charge on any atom is 0.254 e. The number of nitrogens with one attached hydrogen (secondary N) is 1. The molecule has 0 aliphatic heterocycles. The Bertz CT molecular complexity index is 617. The van der Waals surface area contributed by atoms with Crippen LogP contribution in [-0.2, 0) is 6.54 Å². The number of aromatic nitrogens is 2. The average molecular weight is 296 g/mol. The maximum absolute atomic E-state index is 12.0. The minimum Gasteiger partial charge on any atom is -0.348 e. The highest BCUT2D eigenvalue weighted by Gasteiger charge is 2.13. The second kappa shape index (κ2) is 5.99. The third kappa shape index (κ3) is 3.43. The molecule has 98 valence electrons. The van der Waals surface area contributed by atoms with Gasteiger partial charge in [-0.2, -0.15) is 0 Å². The van der Waals surface area contributed by atoms with E-state index in [0.717, 1.165) is 11.1 Å². The molecule has 0 saturated heterocycles. The van der Waals surface area contributed by atoms with Crippen LogP contribution in [0.25, 0.3) is 0 Å². The first-order valence-corrected chi connectivity index (χ1v) is 6.35. The lowest BCUT2D eigenvalue weighted by atomic mass is 10.1. The molecule has 0 aliphatic carbocycles. The maximum atomic E-state index is 12.0. The molecule has 0 atom stereocenters. The Kier molecular flexibility index (Phi) is 4.35. The first-order valence-electron chi connectivity index (χ1n) is 5.59. The van der Waals surface area contributed by atoms with Crippen molar-refractivity contribution in [3.8, 4) is 0 Å². The molecule has 2 rings (SSSR count). The van der Waals surface area contributed by atoms with Crippen LogP contribution in [0.15, 0.2) is 30.3 Å². The number of halogens is 2. The number of benzene rings is 1. The molecule has 6 heteroatoms. The number of rotatable bonds is 3. The average Bonchev–Trinajstić information content (AvgIpc) is 2.40. The first kappa shape index (κ1) is 13.8. The summed E-state index contributed by atoms with van der Waals surface area (Å²) in [5, 5.41) is 10.1. The molecule has 0 bridgehead atoms. The fourth-order valence-electron chi connectivity index (χ4n) is 1.59. The van der Waals surface area contributed by atoms with Crippen molar-refractivity contribution in [1.82, 2.24) is 15.5 Å². The van der Waals surface area contributed by atoms with E-state index < -0.39 is 0 Å². The monoisotopic (exact) mass is 295 g/mol. The molecule has 0 fully saturated rings. The third-order valence-corrected chi connectivity index (χ3v) is 3.13. The normalized spacial score (nSPS) is 10.3. The van der Waals surface area contributed by atoms with Crippen LogP contribution in [-0.4, -0.2) is 16.1 Å². The van der Waals surface area contributed by atoms with Crippen molar-refractivity contribution in [3.63, 3.8) is 0 Å². The molecular formula is C13H11Cl2N3O. The van der Waals surface area contributed by atoms with Gasteiger partial charge in [0.1, 0.15) is 0 Å². The summed E-state index contributed by atoms with van der Waals surface area (Å²) >= 11 is 11.5. The number of carbonyl (C=O) groups excluding carboxylic acids is 1. The summed E-state index contributed by atoms with van der Waals surface area (Å²) in [5.74, 6) is -0.329. The summed E-state index contributed by atoms with van der Waals surface area (Å²) in [4.78, 5) is 12.0. The van der Waals surface area contributed by atoms with Crippen LogP contribution in [0.5, 0.6) is 0 Å². The number of hydrogen-bond acceptors (Lipinski definition) is 3. The van der Waals surface area contributed by atoms with E-state index in [0.29, 0.717) is 6.54 Å². The van der Waals surface area contributed by atoms with Gasteiger partial charge in [0, 0.05) is 6.54 Å². The number of nitrogens with zero attached hydrogens (tertiary/aromatic N) is 2. The lowest BCUT2D eigenvalue weighted by Gasteiger charge is -2.08. The molecule has 1 aromatic heterocycles.